The Bertz CT molecular complexity index is 994. The molecule has 5 rings (SSSR count). The van der Waals surface area contributed by atoms with E-state index < -0.39 is 17.5 Å². The second-order valence-electron chi connectivity index (χ2n) is 6.98. The quantitative estimate of drug-likeness (QED) is 0.753. The first-order valence-electron chi connectivity index (χ1n) is 9.10. The molecule has 29 heavy (non-hydrogen) atoms. The summed E-state index contributed by atoms with van der Waals surface area (Å²) >= 11 is 0. The summed E-state index contributed by atoms with van der Waals surface area (Å²) in [7, 11) is 0. The number of anilines is 1. The van der Waals surface area contributed by atoms with Crippen molar-refractivity contribution in [2.45, 2.75) is 37.9 Å². The number of benzene rings is 1. The van der Waals surface area contributed by atoms with Gasteiger partial charge in [0.1, 0.15) is 22.9 Å². The summed E-state index contributed by atoms with van der Waals surface area (Å²) in [5.41, 5.74) is 6.69. The van der Waals surface area contributed by atoms with E-state index in [-0.39, 0.29) is 41.8 Å². The van der Waals surface area contributed by atoms with Gasteiger partial charge in [-0.3, -0.25) is 9.59 Å². The van der Waals surface area contributed by atoms with Crippen LogP contribution in [0.15, 0.2) is 18.3 Å². The Morgan fingerprint density at radius 3 is 2.76 bits per heavy atom. The number of nitrogens with one attached hydrogen (secondary N) is 1. The molecule has 2 amide bonds. The number of rotatable bonds is 1. The van der Waals surface area contributed by atoms with Gasteiger partial charge >= 0.3 is 0 Å². The number of aromatic nitrogens is 2. The highest BCUT2D eigenvalue weighted by Gasteiger charge is 2.47. The molecule has 10 heteroatoms. The van der Waals surface area contributed by atoms with E-state index in [0.29, 0.717) is 12.7 Å². The molecule has 1 aliphatic carbocycles. The Kier molecular flexibility index (Phi) is 4.87. The maximum absolute atomic E-state index is 13.2. The number of ether oxygens (including phenoxy) is 2. The van der Waals surface area contributed by atoms with Crippen LogP contribution in [0.5, 0.6) is 5.75 Å². The molecule has 1 fully saturated rings. The molecule has 0 unspecified atom stereocenters. The van der Waals surface area contributed by atoms with Gasteiger partial charge in [0.15, 0.2) is 5.82 Å². The van der Waals surface area contributed by atoms with Crippen molar-refractivity contribution in [1.29, 1.82) is 0 Å². The van der Waals surface area contributed by atoms with E-state index in [1.807, 2.05) is 0 Å². The fraction of sp³-hybridized carbons (Fsp3) is 0.368. The molecular formula is C19H18F2N4O4. The fourth-order valence-electron chi connectivity index (χ4n) is 3.43. The van der Waals surface area contributed by atoms with Crippen molar-refractivity contribution < 1.29 is 27.8 Å². The standard InChI is InChI=1S/C10H11N3O2.C9H7F2NO2/c11-8(14)9-12-4-6-5-15-10(2-1-3-10)7(6)13-9;10-5-3-6(11)9-7(4-5)14-2-1-8(13)12-9/h4H,1-3,5H2,(H2,11,14);3-4H,1-2H2,(H,12,13). The summed E-state index contributed by atoms with van der Waals surface area (Å²) in [5.74, 6) is -2.35. The van der Waals surface area contributed by atoms with Crippen molar-refractivity contribution in [1.82, 2.24) is 9.97 Å². The highest BCUT2D eigenvalue weighted by atomic mass is 19.1. The molecule has 1 spiro atoms. The summed E-state index contributed by atoms with van der Waals surface area (Å²) in [5, 5.41) is 2.31. The lowest BCUT2D eigenvalue weighted by Gasteiger charge is -2.36. The third-order valence-electron chi connectivity index (χ3n) is 5.05. The minimum absolute atomic E-state index is 0.0355. The number of carbonyl (C=O) groups is 2. The zero-order valence-corrected chi connectivity index (χ0v) is 15.3. The number of primary amides is 1. The summed E-state index contributed by atoms with van der Waals surface area (Å²) in [4.78, 5) is 30.1. The molecule has 0 atom stereocenters. The molecule has 3 aliphatic rings. The van der Waals surface area contributed by atoms with Gasteiger partial charge in [-0.25, -0.2) is 18.7 Å². The van der Waals surface area contributed by atoms with E-state index in [4.69, 9.17) is 15.2 Å². The fourth-order valence-corrected chi connectivity index (χ4v) is 3.43. The van der Waals surface area contributed by atoms with E-state index in [1.165, 1.54) is 0 Å². The molecule has 8 nitrogen and oxygen atoms in total. The molecule has 1 saturated carbocycles. The lowest BCUT2D eigenvalue weighted by Crippen LogP contribution is -2.34. The van der Waals surface area contributed by atoms with Gasteiger partial charge in [0.05, 0.1) is 25.3 Å². The molecule has 0 radical (unpaired) electrons. The van der Waals surface area contributed by atoms with Crippen molar-refractivity contribution >= 4 is 17.5 Å². The Balaban J connectivity index is 0.000000142. The SMILES string of the molecule is NC(=O)c1ncc2c(n1)C1(CCC1)OC2.O=C1CCOc2cc(F)cc(F)c2N1. The number of nitrogens with two attached hydrogens (primary N) is 1. The van der Waals surface area contributed by atoms with Gasteiger partial charge in [0.2, 0.25) is 11.7 Å². The topological polar surface area (TPSA) is 116 Å². The third-order valence-corrected chi connectivity index (χ3v) is 5.05. The smallest absolute Gasteiger partial charge is 0.286 e. The number of nitrogens with zero attached hydrogens (tertiary/aromatic N) is 2. The van der Waals surface area contributed by atoms with E-state index >= 15 is 0 Å². The van der Waals surface area contributed by atoms with Crippen LogP contribution in [-0.2, 0) is 21.7 Å². The zero-order chi connectivity index (χ0) is 20.6. The number of fused-ring (bicyclic) bond motifs is 3. The van der Waals surface area contributed by atoms with Crippen LogP contribution in [0.3, 0.4) is 0 Å². The van der Waals surface area contributed by atoms with E-state index in [2.05, 4.69) is 15.3 Å². The largest absolute Gasteiger partial charge is 0.491 e. The van der Waals surface area contributed by atoms with Crippen LogP contribution in [0, 0.1) is 11.6 Å². The lowest BCUT2D eigenvalue weighted by molar-refractivity contribution is -0.116. The molecule has 1 aromatic heterocycles. The second kappa shape index (κ2) is 7.36. The number of amides is 2. The highest BCUT2D eigenvalue weighted by Crippen LogP contribution is 2.49. The number of carbonyl (C=O) groups excluding carboxylic acids is 2. The van der Waals surface area contributed by atoms with Crippen LogP contribution in [0.1, 0.15) is 47.6 Å². The average molecular weight is 404 g/mol. The van der Waals surface area contributed by atoms with Crippen LogP contribution in [0.25, 0.3) is 0 Å². The van der Waals surface area contributed by atoms with Crippen molar-refractivity contribution in [3.8, 4) is 5.75 Å². The number of hydrogen-bond acceptors (Lipinski definition) is 6. The highest BCUT2D eigenvalue weighted by molar-refractivity contribution is 5.93. The Hall–Kier alpha value is -3.14. The van der Waals surface area contributed by atoms with Crippen LogP contribution < -0.4 is 15.8 Å². The minimum atomic E-state index is -0.824. The molecule has 0 saturated heterocycles. The Morgan fingerprint density at radius 1 is 1.28 bits per heavy atom. The molecule has 1 aromatic carbocycles. The molecule has 2 aliphatic heterocycles. The van der Waals surface area contributed by atoms with Gasteiger partial charge < -0.3 is 20.5 Å². The predicted octanol–water partition coefficient (Wildman–Crippen LogP) is 2.17. The van der Waals surface area contributed by atoms with Crippen molar-refractivity contribution in [3.63, 3.8) is 0 Å². The van der Waals surface area contributed by atoms with Crippen LogP contribution in [0.4, 0.5) is 14.5 Å². The Morgan fingerprint density at radius 2 is 2.07 bits per heavy atom. The molecule has 0 bridgehead atoms. The average Bonchev–Trinajstić information content (AvgIpc) is 2.94. The van der Waals surface area contributed by atoms with Gasteiger partial charge in [0, 0.05) is 23.9 Å². The second-order valence-corrected chi connectivity index (χ2v) is 6.98. The monoisotopic (exact) mass is 404 g/mol. The normalized spacial score (nSPS) is 18.2. The number of hydrogen-bond donors (Lipinski definition) is 2. The van der Waals surface area contributed by atoms with E-state index in [9.17, 15) is 18.4 Å². The minimum Gasteiger partial charge on any atom is -0.491 e. The van der Waals surface area contributed by atoms with Crippen molar-refractivity contribution in [2.24, 2.45) is 5.73 Å². The van der Waals surface area contributed by atoms with E-state index in [0.717, 1.165) is 36.6 Å². The lowest BCUT2D eigenvalue weighted by atomic mass is 9.77. The molecule has 3 N–H and O–H groups in total. The maximum Gasteiger partial charge on any atom is 0.286 e. The number of halogens is 2. The molecule has 2 aromatic rings. The zero-order valence-electron chi connectivity index (χ0n) is 15.3. The van der Waals surface area contributed by atoms with Crippen molar-refractivity contribution in [2.75, 3.05) is 11.9 Å². The summed E-state index contributed by atoms with van der Waals surface area (Å²) in [6.07, 6.45) is 4.89. The van der Waals surface area contributed by atoms with Crippen LogP contribution in [-0.4, -0.2) is 28.4 Å². The summed E-state index contributed by atoms with van der Waals surface area (Å²) in [6, 6.07) is 1.75. The van der Waals surface area contributed by atoms with Crippen LogP contribution in [0.2, 0.25) is 0 Å². The predicted molar refractivity (Wildman–Crippen MR) is 96.0 cm³/mol. The summed E-state index contributed by atoms with van der Waals surface area (Å²) in [6.45, 7) is 0.677. The molecule has 152 valence electrons. The van der Waals surface area contributed by atoms with Gasteiger partial charge in [0.25, 0.3) is 5.91 Å². The molecule has 3 heterocycles. The Labute approximate surface area is 164 Å². The van der Waals surface area contributed by atoms with Crippen LogP contribution >= 0.6 is 0 Å². The third kappa shape index (κ3) is 3.63. The molecular weight excluding hydrogens is 386 g/mol. The van der Waals surface area contributed by atoms with Gasteiger partial charge in [-0.05, 0) is 19.3 Å². The first-order valence-corrected chi connectivity index (χ1v) is 9.10. The maximum atomic E-state index is 13.2. The van der Waals surface area contributed by atoms with Gasteiger partial charge in [-0.15, -0.1) is 0 Å². The summed E-state index contributed by atoms with van der Waals surface area (Å²) < 4.78 is 36.6. The van der Waals surface area contributed by atoms with Crippen molar-refractivity contribution in [3.05, 3.63) is 47.0 Å². The van der Waals surface area contributed by atoms with Gasteiger partial charge in [-0.1, -0.05) is 0 Å². The van der Waals surface area contributed by atoms with Gasteiger partial charge in [-0.2, -0.15) is 0 Å². The first-order chi connectivity index (χ1) is 13.9. The first kappa shape index (κ1) is 19.2. The van der Waals surface area contributed by atoms with E-state index in [1.54, 1.807) is 6.20 Å².